The zero-order chi connectivity index (χ0) is 18.5. The summed E-state index contributed by atoms with van der Waals surface area (Å²) in [7, 11) is -4.82. The smallest absolute Gasteiger partial charge is 0.191 e. The molecule has 0 aliphatic carbocycles. The zero-order valence-electron chi connectivity index (χ0n) is 14.5. The Bertz CT molecular complexity index is 805. The molecule has 9 heteroatoms. The van der Waals surface area contributed by atoms with Gasteiger partial charge in [-0.3, -0.25) is 4.99 Å². The van der Waals surface area contributed by atoms with Gasteiger partial charge in [-0.05, 0) is 25.0 Å². The van der Waals surface area contributed by atoms with Crippen LogP contribution in [-0.2, 0) is 19.7 Å². The first-order valence-electron chi connectivity index (χ1n) is 8.24. The Balaban J connectivity index is 2.00. The normalized spacial score (nSPS) is 21.7. The second kappa shape index (κ2) is 8.18. The lowest BCUT2D eigenvalue weighted by atomic mass is 10.2. The van der Waals surface area contributed by atoms with Gasteiger partial charge in [0.15, 0.2) is 25.6 Å². The van der Waals surface area contributed by atoms with Gasteiger partial charge in [-0.25, -0.2) is 16.8 Å². The number of nitrogens with zero attached hydrogens (tertiary/aromatic N) is 1. The van der Waals surface area contributed by atoms with Crippen molar-refractivity contribution in [3.05, 3.63) is 30.3 Å². The third-order valence-corrected chi connectivity index (χ3v) is 7.75. The number of hydrogen-bond acceptors (Lipinski definition) is 5. The molecule has 1 aliphatic rings. The standard InChI is InChI=1S/C16H25N3O4S2/c1-3-13(12-25(22,23)15-7-5-4-6-8-15)18-16(17-2)19-14-9-10-24(20,21)11-14/h4-8,13-14H,3,9-12H2,1-2H3,(H2,17,18,19). The summed E-state index contributed by atoms with van der Waals surface area (Å²) in [4.78, 5) is 4.39. The molecule has 0 radical (unpaired) electrons. The Kier molecular flexibility index (Phi) is 6.45. The zero-order valence-corrected chi connectivity index (χ0v) is 16.1. The minimum Gasteiger partial charge on any atom is -0.353 e. The van der Waals surface area contributed by atoms with E-state index in [0.717, 1.165) is 0 Å². The summed E-state index contributed by atoms with van der Waals surface area (Å²) in [6, 6.07) is 7.81. The van der Waals surface area contributed by atoms with Crippen molar-refractivity contribution < 1.29 is 16.8 Å². The second-order valence-corrected chi connectivity index (χ2v) is 10.4. The summed E-state index contributed by atoms with van der Waals surface area (Å²) in [5, 5.41) is 6.17. The molecule has 0 bridgehead atoms. The molecule has 2 rings (SSSR count). The third-order valence-electron chi connectivity index (χ3n) is 4.15. The highest BCUT2D eigenvalue weighted by molar-refractivity contribution is 7.91. The molecule has 1 aromatic carbocycles. The summed E-state index contributed by atoms with van der Waals surface area (Å²) in [5.41, 5.74) is 0. The first-order chi connectivity index (χ1) is 11.8. The molecule has 0 spiro atoms. The van der Waals surface area contributed by atoms with Gasteiger partial charge in [0, 0.05) is 19.1 Å². The van der Waals surface area contributed by atoms with Gasteiger partial charge in [-0.1, -0.05) is 25.1 Å². The van der Waals surface area contributed by atoms with E-state index in [0.29, 0.717) is 23.7 Å². The van der Waals surface area contributed by atoms with Crippen molar-refractivity contribution in [1.82, 2.24) is 10.6 Å². The first-order valence-corrected chi connectivity index (χ1v) is 11.7. The summed E-state index contributed by atoms with van der Waals surface area (Å²) in [6.07, 6.45) is 1.12. The molecule has 1 aliphatic heterocycles. The van der Waals surface area contributed by atoms with Crippen molar-refractivity contribution in [1.29, 1.82) is 0 Å². The minimum absolute atomic E-state index is 0.0584. The van der Waals surface area contributed by atoms with Gasteiger partial charge in [-0.2, -0.15) is 0 Å². The van der Waals surface area contributed by atoms with Crippen LogP contribution in [0, 0.1) is 0 Å². The Morgan fingerprint density at radius 1 is 1.32 bits per heavy atom. The number of rotatable bonds is 6. The fourth-order valence-corrected chi connectivity index (χ4v) is 6.00. The fourth-order valence-electron chi connectivity index (χ4n) is 2.72. The van der Waals surface area contributed by atoms with Gasteiger partial charge in [0.25, 0.3) is 0 Å². The van der Waals surface area contributed by atoms with E-state index >= 15 is 0 Å². The maximum Gasteiger partial charge on any atom is 0.191 e. The Morgan fingerprint density at radius 2 is 2.00 bits per heavy atom. The van der Waals surface area contributed by atoms with Crippen LogP contribution < -0.4 is 10.6 Å². The number of nitrogens with one attached hydrogen (secondary N) is 2. The summed E-state index contributed by atoms with van der Waals surface area (Å²) in [6.45, 7) is 1.89. The van der Waals surface area contributed by atoms with Gasteiger partial charge in [-0.15, -0.1) is 0 Å². The summed E-state index contributed by atoms with van der Waals surface area (Å²) in [5.74, 6) is 0.614. The average Bonchev–Trinajstić information content (AvgIpc) is 2.92. The molecule has 2 N–H and O–H groups in total. The largest absolute Gasteiger partial charge is 0.353 e. The topological polar surface area (TPSA) is 105 Å². The van der Waals surface area contributed by atoms with Crippen molar-refractivity contribution in [3.63, 3.8) is 0 Å². The van der Waals surface area contributed by atoms with Gasteiger partial charge in [0.2, 0.25) is 0 Å². The molecule has 1 aromatic rings. The Hall–Kier alpha value is -1.61. The minimum atomic E-state index is -3.41. The predicted octanol–water partition coefficient (Wildman–Crippen LogP) is 0.591. The van der Waals surface area contributed by atoms with E-state index < -0.39 is 19.7 Å². The Labute approximate surface area is 149 Å². The van der Waals surface area contributed by atoms with Crippen LogP contribution in [0.1, 0.15) is 19.8 Å². The van der Waals surface area contributed by atoms with Gasteiger partial charge >= 0.3 is 0 Å². The molecule has 1 saturated heterocycles. The lowest BCUT2D eigenvalue weighted by Crippen LogP contribution is -2.49. The van der Waals surface area contributed by atoms with E-state index in [-0.39, 0.29) is 29.3 Å². The monoisotopic (exact) mass is 387 g/mol. The Morgan fingerprint density at radius 3 is 2.52 bits per heavy atom. The second-order valence-electron chi connectivity index (χ2n) is 6.16. The quantitative estimate of drug-likeness (QED) is 0.547. The molecule has 1 fully saturated rings. The fraction of sp³-hybridized carbons (Fsp3) is 0.562. The van der Waals surface area contributed by atoms with Gasteiger partial charge in [0.1, 0.15) is 0 Å². The maximum atomic E-state index is 12.5. The van der Waals surface area contributed by atoms with Crippen LogP contribution in [0.3, 0.4) is 0 Å². The molecule has 0 aromatic heterocycles. The van der Waals surface area contributed by atoms with E-state index in [2.05, 4.69) is 15.6 Å². The van der Waals surface area contributed by atoms with Crippen molar-refractivity contribution in [2.45, 2.75) is 36.7 Å². The molecule has 140 valence electrons. The van der Waals surface area contributed by atoms with Crippen molar-refractivity contribution in [2.24, 2.45) is 4.99 Å². The van der Waals surface area contributed by atoms with Crippen molar-refractivity contribution in [2.75, 3.05) is 24.3 Å². The number of guanidine groups is 1. The highest BCUT2D eigenvalue weighted by atomic mass is 32.2. The molecule has 25 heavy (non-hydrogen) atoms. The van der Waals surface area contributed by atoms with Gasteiger partial charge < -0.3 is 10.6 Å². The average molecular weight is 388 g/mol. The molecule has 2 unspecified atom stereocenters. The summed E-state index contributed by atoms with van der Waals surface area (Å²) >= 11 is 0. The number of benzene rings is 1. The van der Waals surface area contributed by atoms with Crippen LogP contribution in [0.25, 0.3) is 0 Å². The molecular weight excluding hydrogens is 362 g/mol. The molecule has 7 nitrogen and oxygen atoms in total. The molecule has 0 amide bonds. The van der Waals surface area contributed by atoms with Crippen molar-refractivity contribution in [3.8, 4) is 0 Å². The number of sulfone groups is 2. The summed E-state index contributed by atoms with van der Waals surface area (Å²) < 4.78 is 48.2. The van der Waals surface area contributed by atoms with Crippen LogP contribution in [0.15, 0.2) is 40.2 Å². The van der Waals surface area contributed by atoms with E-state index in [1.165, 1.54) is 0 Å². The number of aliphatic imine (C=N–C) groups is 1. The predicted molar refractivity (Wildman–Crippen MR) is 99.3 cm³/mol. The molecule has 0 saturated carbocycles. The van der Waals surface area contributed by atoms with E-state index in [4.69, 9.17) is 0 Å². The van der Waals surface area contributed by atoms with E-state index in [1.54, 1.807) is 37.4 Å². The lowest BCUT2D eigenvalue weighted by molar-refractivity contribution is 0.563. The molecule has 1 heterocycles. The third kappa shape index (κ3) is 5.71. The van der Waals surface area contributed by atoms with Crippen LogP contribution in [0.4, 0.5) is 0 Å². The molecular formula is C16H25N3O4S2. The van der Waals surface area contributed by atoms with E-state index in [1.807, 2.05) is 6.92 Å². The number of hydrogen-bond donors (Lipinski definition) is 2. The molecule has 2 atom stereocenters. The maximum absolute atomic E-state index is 12.5. The van der Waals surface area contributed by atoms with Crippen molar-refractivity contribution >= 4 is 25.6 Å². The SMILES string of the molecule is CCC(CS(=O)(=O)c1ccccc1)NC(=NC)NC1CCS(=O)(=O)C1. The van der Waals surface area contributed by atoms with Gasteiger partial charge in [0.05, 0.1) is 22.2 Å². The van der Waals surface area contributed by atoms with Crippen LogP contribution >= 0.6 is 0 Å². The highest BCUT2D eigenvalue weighted by Gasteiger charge is 2.29. The van der Waals surface area contributed by atoms with Crippen LogP contribution in [0.5, 0.6) is 0 Å². The highest BCUT2D eigenvalue weighted by Crippen LogP contribution is 2.13. The van der Waals surface area contributed by atoms with Crippen LogP contribution in [0.2, 0.25) is 0 Å². The van der Waals surface area contributed by atoms with Crippen LogP contribution in [-0.4, -0.2) is 59.2 Å². The first kappa shape index (κ1) is 19.7. The van der Waals surface area contributed by atoms with E-state index in [9.17, 15) is 16.8 Å². The lowest BCUT2D eigenvalue weighted by Gasteiger charge is -2.22.